The maximum absolute atomic E-state index is 4.62. The van der Waals surface area contributed by atoms with Gasteiger partial charge in [0.1, 0.15) is 13.2 Å². The summed E-state index contributed by atoms with van der Waals surface area (Å²) in [6.07, 6.45) is 3.19. The van der Waals surface area contributed by atoms with E-state index in [0.29, 0.717) is 13.2 Å². The van der Waals surface area contributed by atoms with E-state index in [4.69, 9.17) is 0 Å². The molecule has 15 heavy (non-hydrogen) atoms. The standard InChI is InChI=1S/2C4H6OS2.Zn/c2*1-2-3-5-4(6)7;/h2*2H,1,3H2,(H,6,7);/q;;+2/p-2. The van der Waals surface area contributed by atoms with Crippen molar-refractivity contribution < 1.29 is 29.0 Å². The quantitative estimate of drug-likeness (QED) is 0.337. The zero-order valence-corrected chi connectivity index (χ0v) is 14.4. The normalized spacial score (nSPS) is 6.93. The molecule has 0 N–H and O–H groups in total. The van der Waals surface area contributed by atoms with Crippen LogP contribution in [0.3, 0.4) is 0 Å². The molecule has 0 unspecified atom stereocenters. The van der Waals surface area contributed by atoms with E-state index in [-0.39, 0.29) is 28.2 Å². The summed E-state index contributed by atoms with van der Waals surface area (Å²) in [5, 5.41) is 0. The van der Waals surface area contributed by atoms with Gasteiger partial charge in [0.2, 0.25) is 0 Å². The van der Waals surface area contributed by atoms with E-state index in [9.17, 15) is 0 Å². The molecule has 2 nitrogen and oxygen atoms in total. The Hall–Kier alpha value is 0.323. The molecule has 0 saturated heterocycles. The SMILES string of the molecule is C=CCOC(=S)[S-].C=CCOC(=S)[S-].[Zn+2]. The van der Waals surface area contributed by atoms with Gasteiger partial charge in [-0.15, -0.1) is 0 Å². The molecule has 0 atom stereocenters. The summed E-state index contributed by atoms with van der Waals surface area (Å²) in [6.45, 7) is 7.64. The molecule has 0 aliphatic rings. The second-order valence-electron chi connectivity index (χ2n) is 1.70. The van der Waals surface area contributed by atoms with Crippen LogP contribution in [-0.2, 0) is 54.2 Å². The summed E-state index contributed by atoms with van der Waals surface area (Å²) in [5.41, 5.74) is 0. The van der Waals surface area contributed by atoms with Gasteiger partial charge in [-0.25, -0.2) is 0 Å². The van der Waals surface area contributed by atoms with Crippen molar-refractivity contribution in [2.24, 2.45) is 0 Å². The number of hydrogen-bond acceptors (Lipinski definition) is 6. The largest absolute Gasteiger partial charge is 2.00 e. The van der Waals surface area contributed by atoms with Gasteiger partial charge in [-0.1, -0.05) is 25.3 Å². The minimum atomic E-state index is 0. The molecule has 0 fully saturated rings. The Balaban J connectivity index is -0.000000180. The predicted molar refractivity (Wildman–Crippen MR) is 72.2 cm³/mol. The molecule has 0 aromatic rings. The van der Waals surface area contributed by atoms with E-state index in [1.165, 1.54) is 0 Å². The third kappa shape index (κ3) is 31.4. The summed E-state index contributed by atoms with van der Waals surface area (Å²) in [5.74, 6) is 0. The fourth-order valence-electron chi connectivity index (χ4n) is 0.254. The first-order chi connectivity index (χ1) is 6.54. The van der Waals surface area contributed by atoms with Gasteiger partial charge in [-0.2, -0.15) is 0 Å². The predicted octanol–water partition coefficient (Wildman–Crippen LogP) is 2.04. The van der Waals surface area contributed by atoms with E-state index >= 15 is 0 Å². The van der Waals surface area contributed by atoms with Crippen LogP contribution in [0.5, 0.6) is 0 Å². The molecule has 0 heterocycles. The Labute approximate surface area is 125 Å². The fourth-order valence-corrected chi connectivity index (χ4v) is 0.526. The van der Waals surface area contributed by atoms with Crippen molar-refractivity contribution in [2.75, 3.05) is 13.2 Å². The van der Waals surface area contributed by atoms with E-state index < -0.39 is 0 Å². The Bertz CT molecular complexity index is 187. The first-order valence-electron chi connectivity index (χ1n) is 3.44. The first-order valence-corrected chi connectivity index (χ1v) is 5.07. The Morgan fingerprint density at radius 3 is 1.33 bits per heavy atom. The molecule has 0 aromatic carbocycles. The van der Waals surface area contributed by atoms with E-state index in [2.05, 4.69) is 72.3 Å². The van der Waals surface area contributed by atoms with Crippen molar-refractivity contribution in [2.45, 2.75) is 0 Å². The van der Waals surface area contributed by atoms with Crippen molar-refractivity contribution in [1.82, 2.24) is 0 Å². The van der Waals surface area contributed by atoms with Crippen molar-refractivity contribution in [3.63, 3.8) is 0 Å². The van der Waals surface area contributed by atoms with Gasteiger partial charge in [-0.05, 0) is 0 Å². The van der Waals surface area contributed by atoms with Gasteiger partial charge in [0, 0.05) is 8.77 Å². The van der Waals surface area contributed by atoms with Gasteiger partial charge in [0.05, 0.1) is 0 Å². The molecule has 0 aliphatic carbocycles. The van der Waals surface area contributed by atoms with Crippen LogP contribution in [0, 0.1) is 0 Å². The van der Waals surface area contributed by atoms with Crippen LogP contribution in [-0.4, -0.2) is 22.0 Å². The number of ether oxygens (including phenoxy) is 2. The Kier molecular flexibility index (Phi) is 23.1. The third-order valence-electron chi connectivity index (χ3n) is 0.638. The molecule has 0 aromatic heterocycles. The van der Waals surface area contributed by atoms with Gasteiger partial charge < -0.3 is 59.2 Å². The molecular formula is C8H10O2S4Zn. The fraction of sp³-hybridized carbons (Fsp3) is 0.250. The average Bonchev–Trinajstić information content (AvgIpc) is 2.12. The van der Waals surface area contributed by atoms with Crippen molar-refractivity contribution in [3.05, 3.63) is 25.3 Å². The molecule has 0 rings (SSSR count). The van der Waals surface area contributed by atoms with Crippen molar-refractivity contribution >= 4 is 58.5 Å². The van der Waals surface area contributed by atoms with Crippen LogP contribution in [0.4, 0.5) is 0 Å². The molecule has 0 spiro atoms. The summed E-state index contributed by atoms with van der Waals surface area (Å²) in [4.78, 5) is 0. The molecule has 7 heteroatoms. The topological polar surface area (TPSA) is 18.5 Å². The number of thiocarbonyl (C=S) groups is 2. The van der Waals surface area contributed by atoms with Gasteiger partial charge in [0.25, 0.3) is 0 Å². The molecular weight excluding hydrogens is 322 g/mol. The number of hydrogen-bond donors (Lipinski definition) is 0. The van der Waals surface area contributed by atoms with Crippen LogP contribution < -0.4 is 0 Å². The average molecular weight is 332 g/mol. The van der Waals surface area contributed by atoms with Gasteiger partial charge in [0.15, 0.2) is 0 Å². The zero-order chi connectivity index (χ0) is 11.4. The van der Waals surface area contributed by atoms with Gasteiger partial charge in [-0.3, -0.25) is 0 Å². The minimum absolute atomic E-state index is 0. The van der Waals surface area contributed by atoms with Crippen LogP contribution >= 0.6 is 24.4 Å². The Morgan fingerprint density at radius 2 is 1.27 bits per heavy atom. The van der Waals surface area contributed by atoms with Crippen LogP contribution in [0.25, 0.3) is 0 Å². The molecule has 0 amide bonds. The second-order valence-corrected chi connectivity index (χ2v) is 3.70. The van der Waals surface area contributed by atoms with Crippen molar-refractivity contribution in [3.8, 4) is 0 Å². The maximum atomic E-state index is 4.62. The molecule has 0 radical (unpaired) electrons. The third-order valence-corrected chi connectivity index (χ3v) is 1.11. The van der Waals surface area contributed by atoms with E-state index in [1.807, 2.05) is 0 Å². The molecule has 0 aliphatic heterocycles. The summed E-state index contributed by atoms with van der Waals surface area (Å²) < 4.78 is 9.54. The maximum Gasteiger partial charge on any atom is 2.00 e. The van der Waals surface area contributed by atoms with Crippen LogP contribution in [0.15, 0.2) is 25.3 Å². The van der Waals surface area contributed by atoms with Gasteiger partial charge >= 0.3 is 19.5 Å². The molecule has 80 valence electrons. The number of rotatable bonds is 4. The minimum Gasteiger partial charge on any atom is -0.509 e. The van der Waals surface area contributed by atoms with Crippen molar-refractivity contribution in [1.29, 1.82) is 0 Å². The molecule has 0 saturated carbocycles. The summed E-state index contributed by atoms with van der Waals surface area (Å²) in [6, 6.07) is 0. The Morgan fingerprint density at radius 1 is 1.00 bits per heavy atom. The first kappa shape index (κ1) is 20.7. The van der Waals surface area contributed by atoms with Crippen LogP contribution in [0.1, 0.15) is 0 Å². The summed E-state index contributed by atoms with van der Waals surface area (Å²) in [7, 11) is 0. The van der Waals surface area contributed by atoms with E-state index in [0.717, 1.165) is 0 Å². The van der Waals surface area contributed by atoms with E-state index in [1.54, 1.807) is 12.2 Å². The monoisotopic (exact) mass is 330 g/mol. The zero-order valence-electron chi connectivity index (χ0n) is 8.14. The van der Waals surface area contributed by atoms with Crippen LogP contribution in [0.2, 0.25) is 0 Å². The second kappa shape index (κ2) is 16.7. The summed E-state index contributed by atoms with van der Waals surface area (Å²) >= 11 is 17.6. The smallest absolute Gasteiger partial charge is 0.509 e. The molecule has 0 bridgehead atoms.